The predicted molar refractivity (Wildman–Crippen MR) is 74.2 cm³/mol. The Balaban J connectivity index is 1.74. The van der Waals surface area contributed by atoms with E-state index in [0.717, 1.165) is 19.0 Å². The molecule has 5 nitrogen and oxygen atoms in total. The summed E-state index contributed by atoms with van der Waals surface area (Å²) in [6.07, 6.45) is 7.19. The van der Waals surface area contributed by atoms with Gasteiger partial charge in [-0.25, -0.2) is 9.97 Å². The molecule has 0 aromatic carbocycles. The Morgan fingerprint density at radius 3 is 3.00 bits per heavy atom. The molecule has 2 fully saturated rings. The monoisotopic (exact) mass is 262 g/mol. The van der Waals surface area contributed by atoms with Crippen molar-refractivity contribution in [3.8, 4) is 0 Å². The molecule has 0 spiro atoms. The molecular weight excluding hydrogens is 240 g/mol. The molecule has 1 aliphatic carbocycles. The van der Waals surface area contributed by atoms with Crippen molar-refractivity contribution in [1.82, 2.24) is 9.97 Å². The van der Waals surface area contributed by atoms with Crippen LogP contribution in [0.1, 0.15) is 37.3 Å². The number of hydrogen-bond acceptors (Lipinski definition) is 5. The summed E-state index contributed by atoms with van der Waals surface area (Å²) < 4.78 is 5.59. The summed E-state index contributed by atoms with van der Waals surface area (Å²) >= 11 is 0. The van der Waals surface area contributed by atoms with E-state index in [1.165, 1.54) is 31.4 Å². The zero-order chi connectivity index (χ0) is 13.1. The molecule has 1 saturated carbocycles. The average Bonchev–Trinajstić information content (AvgIpc) is 3.02. The van der Waals surface area contributed by atoms with Crippen LogP contribution in [0.25, 0.3) is 0 Å². The summed E-state index contributed by atoms with van der Waals surface area (Å²) in [6.45, 7) is 2.91. The van der Waals surface area contributed by atoms with E-state index in [1.54, 1.807) is 0 Å². The second-order valence-corrected chi connectivity index (χ2v) is 5.44. The SMILES string of the molecule is NCC1CN(c2nccc(C3CCCC3)n2)CCO1. The largest absolute Gasteiger partial charge is 0.373 e. The number of morpholine rings is 1. The normalized spacial score (nSPS) is 24.9. The summed E-state index contributed by atoms with van der Waals surface area (Å²) in [6, 6.07) is 2.07. The van der Waals surface area contributed by atoms with E-state index < -0.39 is 0 Å². The van der Waals surface area contributed by atoms with Crippen LogP contribution in [0.5, 0.6) is 0 Å². The number of anilines is 1. The second-order valence-electron chi connectivity index (χ2n) is 5.44. The number of ether oxygens (including phenoxy) is 1. The van der Waals surface area contributed by atoms with Gasteiger partial charge in [-0.3, -0.25) is 0 Å². The molecule has 3 rings (SSSR count). The summed E-state index contributed by atoms with van der Waals surface area (Å²) in [5, 5.41) is 0. The van der Waals surface area contributed by atoms with Gasteiger partial charge in [-0.05, 0) is 18.9 Å². The maximum absolute atomic E-state index is 5.68. The Morgan fingerprint density at radius 1 is 1.37 bits per heavy atom. The van der Waals surface area contributed by atoms with Gasteiger partial charge >= 0.3 is 0 Å². The Hall–Kier alpha value is -1.20. The molecule has 1 aromatic rings. The van der Waals surface area contributed by atoms with Crippen molar-refractivity contribution in [3.63, 3.8) is 0 Å². The van der Waals surface area contributed by atoms with Gasteiger partial charge in [-0.15, -0.1) is 0 Å². The van der Waals surface area contributed by atoms with Crippen LogP contribution in [0.2, 0.25) is 0 Å². The molecule has 5 heteroatoms. The van der Waals surface area contributed by atoms with Crippen LogP contribution in [-0.4, -0.2) is 42.3 Å². The summed E-state index contributed by atoms with van der Waals surface area (Å²) in [4.78, 5) is 11.4. The third kappa shape index (κ3) is 2.87. The highest BCUT2D eigenvalue weighted by Gasteiger charge is 2.23. The highest BCUT2D eigenvalue weighted by Crippen LogP contribution is 2.33. The van der Waals surface area contributed by atoms with Crippen molar-refractivity contribution in [2.75, 3.05) is 31.1 Å². The Kier molecular flexibility index (Phi) is 3.94. The summed E-state index contributed by atoms with van der Waals surface area (Å²) in [5.74, 6) is 1.47. The maximum Gasteiger partial charge on any atom is 0.225 e. The Morgan fingerprint density at radius 2 is 2.21 bits per heavy atom. The third-order valence-electron chi connectivity index (χ3n) is 4.12. The zero-order valence-electron chi connectivity index (χ0n) is 11.3. The molecule has 104 valence electrons. The lowest BCUT2D eigenvalue weighted by Crippen LogP contribution is -2.46. The summed E-state index contributed by atoms with van der Waals surface area (Å²) in [5.41, 5.74) is 6.89. The van der Waals surface area contributed by atoms with Crippen LogP contribution in [0.3, 0.4) is 0 Å². The quantitative estimate of drug-likeness (QED) is 0.889. The number of rotatable bonds is 3. The molecule has 1 aliphatic heterocycles. The van der Waals surface area contributed by atoms with Crippen molar-refractivity contribution in [1.29, 1.82) is 0 Å². The van der Waals surface area contributed by atoms with Crippen LogP contribution in [0, 0.1) is 0 Å². The molecule has 1 unspecified atom stereocenters. The minimum Gasteiger partial charge on any atom is -0.373 e. The molecule has 1 saturated heterocycles. The first-order valence-corrected chi connectivity index (χ1v) is 7.26. The van der Waals surface area contributed by atoms with E-state index in [-0.39, 0.29) is 6.10 Å². The van der Waals surface area contributed by atoms with E-state index in [1.807, 2.05) is 6.20 Å². The Bertz CT molecular complexity index is 420. The van der Waals surface area contributed by atoms with Crippen LogP contribution in [-0.2, 0) is 4.74 Å². The van der Waals surface area contributed by atoms with E-state index in [4.69, 9.17) is 15.5 Å². The number of aromatic nitrogens is 2. The first kappa shape index (κ1) is 12.8. The molecule has 0 radical (unpaired) electrons. The highest BCUT2D eigenvalue weighted by atomic mass is 16.5. The molecule has 0 amide bonds. The van der Waals surface area contributed by atoms with E-state index in [2.05, 4.69) is 16.0 Å². The lowest BCUT2D eigenvalue weighted by molar-refractivity contribution is 0.0460. The highest BCUT2D eigenvalue weighted by molar-refractivity contribution is 5.32. The van der Waals surface area contributed by atoms with Gasteiger partial charge in [0.2, 0.25) is 5.95 Å². The van der Waals surface area contributed by atoms with Crippen LogP contribution < -0.4 is 10.6 Å². The zero-order valence-corrected chi connectivity index (χ0v) is 11.3. The van der Waals surface area contributed by atoms with Gasteiger partial charge in [-0.1, -0.05) is 12.8 Å². The molecule has 1 aromatic heterocycles. The summed E-state index contributed by atoms with van der Waals surface area (Å²) in [7, 11) is 0. The van der Waals surface area contributed by atoms with E-state index in [9.17, 15) is 0 Å². The van der Waals surface area contributed by atoms with Gasteiger partial charge in [0.05, 0.1) is 12.7 Å². The fraction of sp³-hybridized carbons (Fsp3) is 0.714. The van der Waals surface area contributed by atoms with Gasteiger partial charge in [0, 0.05) is 37.4 Å². The molecule has 1 atom stereocenters. The topological polar surface area (TPSA) is 64.3 Å². The first-order valence-electron chi connectivity index (χ1n) is 7.26. The molecule has 2 aliphatic rings. The average molecular weight is 262 g/mol. The Labute approximate surface area is 114 Å². The lowest BCUT2D eigenvalue weighted by Gasteiger charge is -2.32. The van der Waals surface area contributed by atoms with Crippen LogP contribution in [0.4, 0.5) is 5.95 Å². The third-order valence-corrected chi connectivity index (χ3v) is 4.12. The first-order chi connectivity index (χ1) is 9.36. The fourth-order valence-corrected chi connectivity index (χ4v) is 3.01. The minimum atomic E-state index is 0.104. The van der Waals surface area contributed by atoms with Gasteiger partial charge in [-0.2, -0.15) is 0 Å². The molecule has 2 heterocycles. The van der Waals surface area contributed by atoms with E-state index >= 15 is 0 Å². The molecule has 19 heavy (non-hydrogen) atoms. The van der Waals surface area contributed by atoms with Crippen molar-refractivity contribution < 1.29 is 4.74 Å². The molecule has 2 N–H and O–H groups in total. The van der Waals surface area contributed by atoms with Crippen LogP contribution >= 0.6 is 0 Å². The van der Waals surface area contributed by atoms with Gasteiger partial charge in [0.25, 0.3) is 0 Å². The van der Waals surface area contributed by atoms with Gasteiger partial charge in [0.1, 0.15) is 0 Å². The predicted octanol–water partition coefficient (Wildman–Crippen LogP) is 1.30. The van der Waals surface area contributed by atoms with Crippen molar-refractivity contribution >= 4 is 5.95 Å². The lowest BCUT2D eigenvalue weighted by atomic mass is 10.0. The molecule has 0 bridgehead atoms. The van der Waals surface area contributed by atoms with Crippen LogP contribution in [0.15, 0.2) is 12.3 Å². The van der Waals surface area contributed by atoms with Crippen molar-refractivity contribution in [2.24, 2.45) is 5.73 Å². The van der Waals surface area contributed by atoms with Gasteiger partial charge in [0.15, 0.2) is 0 Å². The number of nitrogens with two attached hydrogens (primary N) is 1. The number of nitrogens with zero attached hydrogens (tertiary/aromatic N) is 3. The minimum absolute atomic E-state index is 0.104. The number of hydrogen-bond donors (Lipinski definition) is 1. The molecular formula is C14H22N4O. The maximum atomic E-state index is 5.68. The second kappa shape index (κ2) is 5.84. The standard InChI is InChI=1S/C14H22N4O/c15-9-12-10-18(7-8-19-12)14-16-6-5-13(17-14)11-3-1-2-4-11/h5-6,11-12H,1-4,7-10,15H2. The van der Waals surface area contributed by atoms with Crippen molar-refractivity contribution in [2.45, 2.75) is 37.7 Å². The smallest absolute Gasteiger partial charge is 0.225 e. The van der Waals surface area contributed by atoms with E-state index in [0.29, 0.717) is 19.1 Å². The van der Waals surface area contributed by atoms with Gasteiger partial charge < -0.3 is 15.4 Å². The van der Waals surface area contributed by atoms with Crippen molar-refractivity contribution in [3.05, 3.63) is 18.0 Å². The fourth-order valence-electron chi connectivity index (χ4n) is 3.01.